The van der Waals surface area contributed by atoms with Crippen molar-refractivity contribution in [1.29, 1.82) is 0 Å². The maximum Gasteiger partial charge on any atom is 0.0486 e. The van der Waals surface area contributed by atoms with Gasteiger partial charge in [-0.2, -0.15) is 0 Å². The molecule has 16 heavy (non-hydrogen) atoms. The third-order valence-electron chi connectivity index (χ3n) is 3.99. The smallest absolute Gasteiger partial charge is 0.0486 e. The number of nitrogens with zero attached hydrogens (tertiary/aromatic N) is 1. The first-order valence-electron chi connectivity index (χ1n) is 5.91. The number of benzene rings is 2. The summed E-state index contributed by atoms with van der Waals surface area (Å²) in [6.07, 6.45) is 4.66. The summed E-state index contributed by atoms with van der Waals surface area (Å²) in [4.78, 5) is 4.60. The van der Waals surface area contributed by atoms with E-state index in [2.05, 4.69) is 47.6 Å². The average Bonchev–Trinajstić information content (AvgIpc) is 3.11. The molecule has 0 N–H and O–H groups in total. The largest absolute Gasteiger partial charge is 0.292 e. The summed E-state index contributed by atoms with van der Waals surface area (Å²) < 4.78 is 0. The molecule has 1 heteroatoms. The minimum Gasteiger partial charge on any atom is -0.292 e. The lowest BCUT2D eigenvalue weighted by atomic mass is 9.90. The van der Waals surface area contributed by atoms with Crippen LogP contribution in [0.1, 0.15) is 24.0 Å². The normalized spacial score (nSPS) is 20.0. The second-order valence-corrected chi connectivity index (χ2v) is 5.00. The Morgan fingerprint density at radius 1 is 1.00 bits per heavy atom. The van der Waals surface area contributed by atoms with E-state index in [1.165, 1.54) is 34.7 Å². The molecule has 4 rings (SSSR count). The lowest BCUT2D eigenvalue weighted by Gasteiger charge is -2.14. The molecule has 0 atom stereocenters. The van der Waals surface area contributed by atoms with E-state index < -0.39 is 0 Å². The standard InChI is InChI=1S/C15H13N/c1-3-11-4-2-6-13-14(11)12(5-1)9-16-10-15(13)7-8-15/h1-6,9H,7-8,10H2. The van der Waals surface area contributed by atoms with Gasteiger partial charge < -0.3 is 0 Å². The van der Waals surface area contributed by atoms with Crippen LogP contribution in [-0.4, -0.2) is 12.8 Å². The maximum absolute atomic E-state index is 4.60. The van der Waals surface area contributed by atoms with Gasteiger partial charge in [0.1, 0.15) is 0 Å². The van der Waals surface area contributed by atoms with Crippen molar-refractivity contribution in [2.75, 3.05) is 6.54 Å². The molecule has 0 bridgehead atoms. The highest BCUT2D eigenvalue weighted by atomic mass is 14.8. The molecular formula is C15H13N. The fourth-order valence-electron chi connectivity index (χ4n) is 2.90. The zero-order valence-electron chi connectivity index (χ0n) is 9.11. The van der Waals surface area contributed by atoms with Gasteiger partial charge in [-0.1, -0.05) is 36.4 Å². The Kier molecular flexibility index (Phi) is 1.45. The van der Waals surface area contributed by atoms with E-state index in [4.69, 9.17) is 0 Å². The fraction of sp³-hybridized carbons (Fsp3) is 0.267. The highest BCUT2D eigenvalue weighted by Gasteiger charge is 2.45. The Labute approximate surface area is 94.8 Å². The number of aliphatic imine (C=N–C) groups is 1. The first-order valence-corrected chi connectivity index (χ1v) is 5.91. The Hall–Kier alpha value is -1.63. The first-order chi connectivity index (χ1) is 7.89. The minimum absolute atomic E-state index is 0.378. The summed E-state index contributed by atoms with van der Waals surface area (Å²) in [5, 5.41) is 2.79. The summed E-state index contributed by atoms with van der Waals surface area (Å²) in [7, 11) is 0. The second-order valence-electron chi connectivity index (χ2n) is 5.00. The van der Waals surface area contributed by atoms with Crippen LogP contribution in [0.4, 0.5) is 0 Å². The van der Waals surface area contributed by atoms with Crippen LogP contribution in [-0.2, 0) is 5.41 Å². The van der Waals surface area contributed by atoms with Crippen molar-refractivity contribution in [3.8, 4) is 0 Å². The van der Waals surface area contributed by atoms with Crippen LogP contribution < -0.4 is 0 Å². The second kappa shape index (κ2) is 2.73. The van der Waals surface area contributed by atoms with Crippen molar-refractivity contribution in [1.82, 2.24) is 0 Å². The van der Waals surface area contributed by atoms with Gasteiger partial charge in [-0.25, -0.2) is 0 Å². The van der Waals surface area contributed by atoms with Gasteiger partial charge in [0.05, 0.1) is 0 Å². The van der Waals surface area contributed by atoms with Crippen molar-refractivity contribution in [3.63, 3.8) is 0 Å². The summed E-state index contributed by atoms with van der Waals surface area (Å²) in [6, 6.07) is 13.2. The van der Waals surface area contributed by atoms with Gasteiger partial charge in [-0.05, 0) is 29.2 Å². The third kappa shape index (κ3) is 0.981. The Bertz CT molecular complexity index is 601. The molecule has 1 saturated carbocycles. The van der Waals surface area contributed by atoms with E-state index in [0.717, 1.165) is 6.54 Å². The average molecular weight is 207 g/mol. The predicted molar refractivity (Wildman–Crippen MR) is 67.3 cm³/mol. The maximum atomic E-state index is 4.60. The van der Waals surface area contributed by atoms with E-state index in [9.17, 15) is 0 Å². The van der Waals surface area contributed by atoms with Crippen LogP contribution in [0.2, 0.25) is 0 Å². The van der Waals surface area contributed by atoms with Gasteiger partial charge >= 0.3 is 0 Å². The van der Waals surface area contributed by atoms with Gasteiger partial charge in [0, 0.05) is 23.7 Å². The molecule has 1 aliphatic carbocycles. The van der Waals surface area contributed by atoms with E-state index in [-0.39, 0.29) is 0 Å². The van der Waals surface area contributed by atoms with Crippen LogP contribution in [0.3, 0.4) is 0 Å². The van der Waals surface area contributed by atoms with Crippen LogP contribution >= 0.6 is 0 Å². The molecule has 1 nitrogen and oxygen atoms in total. The molecule has 0 radical (unpaired) electrons. The van der Waals surface area contributed by atoms with Gasteiger partial charge in [0.2, 0.25) is 0 Å². The molecule has 2 aromatic carbocycles. The highest BCUT2D eigenvalue weighted by Crippen LogP contribution is 2.51. The zero-order chi connectivity index (χ0) is 10.6. The molecule has 1 fully saturated rings. The molecular weight excluding hydrogens is 194 g/mol. The number of rotatable bonds is 0. The molecule has 0 unspecified atom stereocenters. The van der Waals surface area contributed by atoms with Crippen molar-refractivity contribution in [3.05, 3.63) is 47.5 Å². The summed E-state index contributed by atoms with van der Waals surface area (Å²) in [5.74, 6) is 0. The number of fused-ring (bicyclic) bond motifs is 1. The zero-order valence-corrected chi connectivity index (χ0v) is 9.11. The molecule has 78 valence electrons. The van der Waals surface area contributed by atoms with Crippen LogP contribution in [0, 0.1) is 0 Å². The van der Waals surface area contributed by atoms with Crippen LogP contribution in [0.25, 0.3) is 10.8 Å². The SMILES string of the molecule is C1=NCC2(CC2)c2cccc3cccc1c23. The van der Waals surface area contributed by atoms with Crippen LogP contribution in [0.15, 0.2) is 41.4 Å². The number of hydrogen-bond donors (Lipinski definition) is 0. The summed E-state index contributed by atoms with van der Waals surface area (Å²) in [5.41, 5.74) is 3.19. The Balaban J connectivity index is 2.20. The molecule has 0 aromatic heterocycles. The van der Waals surface area contributed by atoms with Gasteiger partial charge in [-0.15, -0.1) is 0 Å². The molecule has 2 aromatic rings. The molecule has 1 aliphatic heterocycles. The third-order valence-corrected chi connectivity index (χ3v) is 3.99. The van der Waals surface area contributed by atoms with Gasteiger partial charge in [0.25, 0.3) is 0 Å². The molecule has 1 spiro atoms. The minimum atomic E-state index is 0.378. The van der Waals surface area contributed by atoms with Crippen LogP contribution in [0.5, 0.6) is 0 Å². The number of hydrogen-bond acceptors (Lipinski definition) is 1. The molecule has 1 heterocycles. The van der Waals surface area contributed by atoms with E-state index in [0.29, 0.717) is 5.41 Å². The lowest BCUT2D eigenvalue weighted by molar-refractivity contribution is 0.717. The first kappa shape index (κ1) is 8.51. The van der Waals surface area contributed by atoms with Crippen molar-refractivity contribution in [2.24, 2.45) is 4.99 Å². The van der Waals surface area contributed by atoms with E-state index in [1.807, 2.05) is 0 Å². The summed E-state index contributed by atoms with van der Waals surface area (Å²) in [6.45, 7) is 0.973. The van der Waals surface area contributed by atoms with Gasteiger partial charge in [-0.3, -0.25) is 4.99 Å². The van der Waals surface area contributed by atoms with E-state index >= 15 is 0 Å². The lowest BCUT2D eigenvalue weighted by Crippen LogP contribution is -2.10. The Morgan fingerprint density at radius 3 is 2.62 bits per heavy atom. The van der Waals surface area contributed by atoms with Crippen molar-refractivity contribution in [2.45, 2.75) is 18.3 Å². The predicted octanol–water partition coefficient (Wildman–Crippen LogP) is 3.30. The van der Waals surface area contributed by atoms with Crippen molar-refractivity contribution < 1.29 is 0 Å². The molecule has 2 aliphatic rings. The summed E-state index contributed by atoms with van der Waals surface area (Å²) >= 11 is 0. The van der Waals surface area contributed by atoms with Gasteiger partial charge in [0.15, 0.2) is 0 Å². The van der Waals surface area contributed by atoms with E-state index in [1.54, 1.807) is 0 Å². The van der Waals surface area contributed by atoms with Crippen molar-refractivity contribution >= 4 is 17.0 Å². The highest BCUT2D eigenvalue weighted by molar-refractivity contribution is 6.03. The monoisotopic (exact) mass is 207 g/mol. The molecule has 0 saturated heterocycles. The topological polar surface area (TPSA) is 12.4 Å². The quantitative estimate of drug-likeness (QED) is 0.628. The molecule has 0 amide bonds. The Morgan fingerprint density at radius 2 is 1.81 bits per heavy atom. The fourth-order valence-corrected chi connectivity index (χ4v) is 2.90.